The highest BCUT2D eigenvalue weighted by Crippen LogP contribution is 2.23. The van der Waals surface area contributed by atoms with Crippen molar-refractivity contribution in [2.75, 3.05) is 0 Å². The van der Waals surface area contributed by atoms with Crippen LogP contribution in [0.3, 0.4) is 0 Å². The molecule has 0 radical (unpaired) electrons. The summed E-state index contributed by atoms with van der Waals surface area (Å²) < 4.78 is 0. The summed E-state index contributed by atoms with van der Waals surface area (Å²) in [6.45, 7) is 3.77. The highest BCUT2D eigenvalue weighted by atomic mass is 35.5. The number of carbonyl (C=O) groups excluding carboxylic acids is 2. The van der Waals surface area contributed by atoms with E-state index in [9.17, 15) is 9.59 Å². The number of carbonyl (C=O) groups is 2. The van der Waals surface area contributed by atoms with E-state index in [0.717, 1.165) is 0 Å². The van der Waals surface area contributed by atoms with Gasteiger partial charge in [-0.15, -0.1) is 12.4 Å². The first-order valence-corrected chi connectivity index (χ1v) is 4.10. The third-order valence-electron chi connectivity index (χ3n) is 2.47. The molecule has 0 aliphatic carbocycles. The fourth-order valence-corrected chi connectivity index (χ4v) is 1.29. The molecule has 2 amide bonds. The van der Waals surface area contributed by atoms with E-state index in [1.165, 1.54) is 0 Å². The third kappa shape index (κ3) is 2.19. The van der Waals surface area contributed by atoms with Crippen molar-refractivity contribution in [1.82, 2.24) is 5.32 Å². The number of imide groups is 1. The first-order valence-electron chi connectivity index (χ1n) is 4.10. The molecule has 4 nitrogen and oxygen atoms in total. The predicted molar refractivity (Wildman–Crippen MR) is 51.4 cm³/mol. The minimum Gasteiger partial charge on any atom is -0.317 e. The molecular weight excluding hydrogens is 192 g/mol. The third-order valence-corrected chi connectivity index (χ3v) is 2.47. The molecule has 1 unspecified atom stereocenters. The lowest BCUT2D eigenvalue weighted by molar-refractivity contribution is -0.138. The average Bonchev–Trinajstić information content (AvgIpc) is 1.97. The van der Waals surface area contributed by atoms with E-state index >= 15 is 0 Å². The van der Waals surface area contributed by atoms with Crippen molar-refractivity contribution in [1.29, 1.82) is 0 Å². The number of nitrogens with one attached hydrogen (secondary N) is 1. The maximum atomic E-state index is 11.3. The molecule has 0 saturated carbocycles. The second-order valence-electron chi connectivity index (χ2n) is 3.57. The summed E-state index contributed by atoms with van der Waals surface area (Å²) >= 11 is 0. The topological polar surface area (TPSA) is 72.2 Å². The van der Waals surface area contributed by atoms with Crippen LogP contribution in [0.15, 0.2) is 0 Å². The summed E-state index contributed by atoms with van der Waals surface area (Å²) in [6, 6.07) is 0. The molecule has 1 aliphatic rings. The average molecular weight is 207 g/mol. The molecule has 1 aliphatic heterocycles. The maximum absolute atomic E-state index is 11.3. The van der Waals surface area contributed by atoms with Gasteiger partial charge in [0, 0.05) is 6.42 Å². The van der Waals surface area contributed by atoms with Crippen molar-refractivity contribution < 1.29 is 9.59 Å². The molecule has 1 saturated heterocycles. The highest BCUT2D eigenvalue weighted by Gasteiger charge is 2.41. The first kappa shape index (κ1) is 12.4. The van der Waals surface area contributed by atoms with Crippen molar-refractivity contribution in [2.45, 2.75) is 32.2 Å². The number of nitrogens with two attached hydrogens (primary N) is 1. The quantitative estimate of drug-likeness (QED) is 0.602. The molecule has 1 atom stereocenters. The number of rotatable bonds is 1. The van der Waals surface area contributed by atoms with Gasteiger partial charge >= 0.3 is 0 Å². The molecule has 1 fully saturated rings. The van der Waals surface area contributed by atoms with Crippen LogP contribution in [0, 0.1) is 5.92 Å². The normalized spacial score (nSPS) is 28.3. The molecule has 3 N–H and O–H groups in total. The summed E-state index contributed by atoms with van der Waals surface area (Å²) in [6.07, 6.45) is 0.801. The Labute approximate surface area is 83.7 Å². The summed E-state index contributed by atoms with van der Waals surface area (Å²) in [5, 5.41) is 2.25. The van der Waals surface area contributed by atoms with Crippen molar-refractivity contribution in [2.24, 2.45) is 11.7 Å². The lowest BCUT2D eigenvalue weighted by atomic mass is 9.80. The number of amides is 2. The Hall–Kier alpha value is -0.610. The molecule has 76 valence electrons. The van der Waals surface area contributed by atoms with E-state index in [-0.39, 0.29) is 30.1 Å². The smallest absolute Gasteiger partial charge is 0.246 e. The van der Waals surface area contributed by atoms with Crippen molar-refractivity contribution >= 4 is 24.2 Å². The largest absolute Gasteiger partial charge is 0.317 e. The summed E-state index contributed by atoms with van der Waals surface area (Å²) in [7, 11) is 0. The van der Waals surface area contributed by atoms with E-state index in [1.54, 1.807) is 0 Å². The molecule has 0 bridgehead atoms. The van der Waals surface area contributed by atoms with Gasteiger partial charge in [-0.1, -0.05) is 13.8 Å². The van der Waals surface area contributed by atoms with Crippen molar-refractivity contribution in [3.63, 3.8) is 0 Å². The van der Waals surface area contributed by atoms with E-state index in [0.29, 0.717) is 12.8 Å². The second-order valence-corrected chi connectivity index (χ2v) is 3.57. The van der Waals surface area contributed by atoms with E-state index in [1.807, 2.05) is 13.8 Å². The van der Waals surface area contributed by atoms with Gasteiger partial charge in [0.2, 0.25) is 11.8 Å². The van der Waals surface area contributed by atoms with E-state index in [2.05, 4.69) is 5.32 Å². The number of halogens is 1. The summed E-state index contributed by atoms with van der Waals surface area (Å²) in [4.78, 5) is 22.1. The molecular formula is C8H15ClN2O2. The van der Waals surface area contributed by atoms with Gasteiger partial charge in [0.05, 0.1) is 5.54 Å². The Bertz CT molecular complexity index is 230. The Balaban J connectivity index is 0.00000144. The molecule has 1 rings (SSSR count). The van der Waals surface area contributed by atoms with Crippen LogP contribution in [0.25, 0.3) is 0 Å². The van der Waals surface area contributed by atoms with E-state index < -0.39 is 5.54 Å². The van der Waals surface area contributed by atoms with Crippen molar-refractivity contribution in [3.8, 4) is 0 Å². The Morgan fingerprint density at radius 1 is 1.46 bits per heavy atom. The van der Waals surface area contributed by atoms with Crippen LogP contribution in [0.1, 0.15) is 26.7 Å². The standard InChI is InChI=1S/C8H14N2O2.ClH/c1-5(2)8(9)4-3-6(11)10-7(8)12;/h5H,3-4,9H2,1-2H3,(H,10,11,12);1H. The Morgan fingerprint density at radius 2 is 2.00 bits per heavy atom. The number of hydrogen-bond donors (Lipinski definition) is 2. The lowest BCUT2D eigenvalue weighted by Crippen LogP contribution is -2.62. The zero-order valence-electron chi connectivity index (χ0n) is 7.79. The summed E-state index contributed by atoms with van der Waals surface area (Å²) in [5.74, 6) is -0.499. The van der Waals surface area contributed by atoms with Crippen LogP contribution in [0.4, 0.5) is 0 Å². The van der Waals surface area contributed by atoms with Crippen LogP contribution in [0.2, 0.25) is 0 Å². The molecule has 0 aromatic heterocycles. The molecule has 5 heteroatoms. The minimum absolute atomic E-state index is 0. The van der Waals surface area contributed by atoms with Gasteiger partial charge in [-0.2, -0.15) is 0 Å². The second kappa shape index (κ2) is 4.07. The van der Waals surface area contributed by atoms with Gasteiger partial charge in [0.25, 0.3) is 0 Å². The number of hydrogen-bond acceptors (Lipinski definition) is 3. The number of piperidine rings is 1. The van der Waals surface area contributed by atoms with Crippen LogP contribution in [0.5, 0.6) is 0 Å². The van der Waals surface area contributed by atoms with Crippen LogP contribution in [-0.4, -0.2) is 17.4 Å². The molecule has 0 aromatic carbocycles. The van der Waals surface area contributed by atoms with Crippen LogP contribution >= 0.6 is 12.4 Å². The lowest BCUT2D eigenvalue weighted by Gasteiger charge is -2.34. The van der Waals surface area contributed by atoms with Crippen LogP contribution in [-0.2, 0) is 9.59 Å². The Kier molecular flexibility index (Phi) is 3.88. The zero-order chi connectivity index (χ0) is 9.35. The highest BCUT2D eigenvalue weighted by molar-refractivity contribution is 6.02. The fourth-order valence-electron chi connectivity index (χ4n) is 1.29. The molecule has 13 heavy (non-hydrogen) atoms. The van der Waals surface area contributed by atoms with Gasteiger partial charge in [-0.25, -0.2) is 0 Å². The van der Waals surface area contributed by atoms with Gasteiger partial charge in [-0.05, 0) is 12.3 Å². The van der Waals surface area contributed by atoms with Gasteiger partial charge < -0.3 is 5.73 Å². The van der Waals surface area contributed by atoms with Gasteiger partial charge in [0.1, 0.15) is 0 Å². The van der Waals surface area contributed by atoms with Gasteiger partial charge in [0.15, 0.2) is 0 Å². The predicted octanol–water partition coefficient (Wildman–Crippen LogP) is 0.198. The SMILES string of the molecule is CC(C)C1(N)CCC(=O)NC1=O.Cl. The molecule has 0 spiro atoms. The minimum atomic E-state index is -0.853. The molecule has 1 heterocycles. The maximum Gasteiger partial charge on any atom is 0.246 e. The van der Waals surface area contributed by atoms with E-state index in [4.69, 9.17) is 5.73 Å². The zero-order valence-corrected chi connectivity index (χ0v) is 8.61. The molecule has 0 aromatic rings. The Morgan fingerprint density at radius 3 is 2.38 bits per heavy atom. The van der Waals surface area contributed by atoms with Crippen LogP contribution < -0.4 is 11.1 Å². The fraction of sp³-hybridized carbons (Fsp3) is 0.750. The van der Waals surface area contributed by atoms with Gasteiger partial charge in [-0.3, -0.25) is 14.9 Å². The van der Waals surface area contributed by atoms with Crippen molar-refractivity contribution in [3.05, 3.63) is 0 Å². The summed E-state index contributed by atoms with van der Waals surface area (Å²) in [5.41, 5.74) is 4.99. The monoisotopic (exact) mass is 206 g/mol. The first-order chi connectivity index (χ1) is 5.47.